The zero-order valence-electron chi connectivity index (χ0n) is 14.0. The van der Waals surface area contributed by atoms with Gasteiger partial charge >= 0.3 is 0 Å². The molecule has 1 heterocycles. The molecule has 1 aromatic heterocycles. The van der Waals surface area contributed by atoms with Crippen molar-refractivity contribution in [2.45, 2.75) is 0 Å². The van der Waals surface area contributed by atoms with Gasteiger partial charge in [-0.3, -0.25) is 9.78 Å². The Kier molecular flexibility index (Phi) is 7.10. The Morgan fingerprint density at radius 1 is 0.923 bits per heavy atom. The molecule has 26 heavy (non-hydrogen) atoms. The number of amides is 1. The third kappa shape index (κ3) is 4.79. The maximum absolute atomic E-state index is 11.3. The fourth-order valence-corrected chi connectivity index (χ4v) is 2.56. The summed E-state index contributed by atoms with van der Waals surface area (Å²) in [5, 5.41) is 0. The normalized spacial score (nSPS) is 9.54. The molecule has 0 spiro atoms. The van der Waals surface area contributed by atoms with Gasteiger partial charge in [-0.2, -0.15) is 12.1 Å². The fraction of sp³-hybridized carbons (Fsp3) is 0. The number of pyridine rings is 1. The van der Waals surface area contributed by atoms with Crippen molar-refractivity contribution in [3.8, 4) is 22.4 Å². The predicted molar refractivity (Wildman–Crippen MR) is 101 cm³/mol. The first kappa shape index (κ1) is 19.4. The number of hydrogen-bond acceptors (Lipinski definition) is 2. The first-order valence-corrected chi connectivity index (χ1v) is 8.00. The summed E-state index contributed by atoms with van der Waals surface area (Å²) in [5.74, 6) is -0.445. The molecule has 4 aromatic rings. The second kappa shape index (κ2) is 9.52. The third-order valence-corrected chi connectivity index (χ3v) is 3.78. The standard InChI is InChI=1S/C17H13N2O.C5H5.Fe/c18-17(20)13-9-10-19-16(11-13)15-8-4-3-7-14(15)12-5-1-2-6-12;1-2-4-5-3-1;/h1-11H,(H2,18,20);1-5H;/q-1;-5;. The van der Waals surface area contributed by atoms with Gasteiger partial charge in [-0.05, 0) is 12.1 Å². The van der Waals surface area contributed by atoms with Crippen molar-refractivity contribution in [1.29, 1.82) is 0 Å². The number of primary amides is 1. The van der Waals surface area contributed by atoms with E-state index in [1.54, 1.807) is 18.3 Å². The Balaban J connectivity index is 0.000000351. The minimum atomic E-state index is -0.445. The molecule has 0 aliphatic heterocycles. The average Bonchev–Trinajstić information content (AvgIpc) is 3.38. The summed E-state index contributed by atoms with van der Waals surface area (Å²) in [6.07, 6.45) is 1.61. The smallest absolute Gasteiger partial charge is 0.248 e. The number of rotatable bonds is 3. The largest absolute Gasteiger partial charge is 0.748 e. The van der Waals surface area contributed by atoms with E-state index in [0.29, 0.717) is 5.56 Å². The minimum absolute atomic E-state index is 0. The SMILES string of the molecule is NC(=O)c1ccnc(-c2ccccc2-[c-]2cccc2)c1.[Fe].[cH-]1[cH-][cH-][cH-][cH-]1. The van der Waals surface area contributed by atoms with Gasteiger partial charge in [-0.25, -0.2) is 0 Å². The van der Waals surface area contributed by atoms with Crippen molar-refractivity contribution in [1.82, 2.24) is 4.98 Å². The molecule has 0 atom stereocenters. The molecule has 0 aliphatic carbocycles. The van der Waals surface area contributed by atoms with E-state index in [1.807, 2.05) is 66.7 Å². The van der Waals surface area contributed by atoms with Gasteiger partial charge in [0.25, 0.3) is 0 Å². The molecule has 1 amide bonds. The molecular formula is C22H18FeN2O-6. The maximum atomic E-state index is 11.3. The summed E-state index contributed by atoms with van der Waals surface area (Å²) in [6, 6.07) is 29.4. The van der Waals surface area contributed by atoms with Crippen LogP contribution < -0.4 is 5.73 Å². The van der Waals surface area contributed by atoms with Gasteiger partial charge in [-0.1, -0.05) is 29.3 Å². The van der Waals surface area contributed by atoms with Crippen LogP contribution in [0.3, 0.4) is 0 Å². The van der Waals surface area contributed by atoms with E-state index in [1.165, 1.54) is 0 Å². The Bertz CT molecular complexity index is 911. The first-order chi connectivity index (χ1) is 12.3. The van der Waals surface area contributed by atoms with E-state index in [-0.39, 0.29) is 17.1 Å². The first-order valence-electron chi connectivity index (χ1n) is 8.00. The molecule has 3 nitrogen and oxygen atoms in total. The number of nitrogens with two attached hydrogens (primary N) is 1. The molecular weight excluding hydrogens is 364 g/mol. The molecule has 0 unspecified atom stereocenters. The van der Waals surface area contributed by atoms with Gasteiger partial charge < -0.3 is 36.1 Å². The van der Waals surface area contributed by atoms with Crippen molar-refractivity contribution < 1.29 is 21.9 Å². The van der Waals surface area contributed by atoms with Gasteiger partial charge in [-0.15, -0.1) is 23.8 Å². The molecule has 2 N–H and O–H groups in total. The van der Waals surface area contributed by atoms with E-state index in [0.717, 1.165) is 22.4 Å². The predicted octanol–water partition coefficient (Wildman–Crippen LogP) is 4.64. The fourth-order valence-electron chi connectivity index (χ4n) is 2.56. The second-order valence-corrected chi connectivity index (χ2v) is 5.48. The number of hydrogen-bond donors (Lipinski definition) is 1. The number of carbonyl (C=O) groups is 1. The van der Waals surface area contributed by atoms with Gasteiger partial charge in [0.1, 0.15) is 0 Å². The molecule has 4 heteroatoms. The quantitative estimate of drug-likeness (QED) is 0.415. The minimum Gasteiger partial charge on any atom is -0.748 e. The van der Waals surface area contributed by atoms with Crippen molar-refractivity contribution in [3.05, 3.63) is 103 Å². The Morgan fingerprint density at radius 2 is 1.54 bits per heavy atom. The number of benzene rings is 1. The summed E-state index contributed by atoms with van der Waals surface area (Å²) in [6.45, 7) is 0. The molecule has 0 bridgehead atoms. The van der Waals surface area contributed by atoms with Gasteiger partial charge in [0.2, 0.25) is 5.91 Å². The van der Waals surface area contributed by atoms with E-state index >= 15 is 0 Å². The molecule has 0 saturated heterocycles. The summed E-state index contributed by atoms with van der Waals surface area (Å²) in [4.78, 5) is 15.6. The van der Waals surface area contributed by atoms with Crippen LogP contribution in [-0.4, -0.2) is 10.9 Å². The van der Waals surface area contributed by atoms with E-state index in [9.17, 15) is 4.79 Å². The zero-order chi connectivity index (χ0) is 17.5. The number of nitrogens with zero attached hydrogens (tertiary/aromatic N) is 1. The Morgan fingerprint density at radius 3 is 2.15 bits per heavy atom. The molecule has 3 aromatic carbocycles. The van der Waals surface area contributed by atoms with Crippen molar-refractivity contribution in [2.75, 3.05) is 0 Å². The summed E-state index contributed by atoms with van der Waals surface area (Å²) in [5.41, 5.74) is 9.75. The molecule has 4 rings (SSSR count). The molecule has 0 radical (unpaired) electrons. The van der Waals surface area contributed by atoms with E-state index < -0.39 is 5.91 Å². The summed E-state index contributed by atoms with van der Waals surface area (Å²) >= 11 is 0. The molecule has 0 fully saturated rings. The second-order valence-electron chi connectivity index (χ2n) is 5.48. The molecule has 136 valence electrons. The van der Waals surface area contributed by atoms with Crippen LogP contribution in [0.25, 0.3) is 22.4 Å². The van der Waals surface area contributed by atoms with Crippen LogP contribution in [0, 0.1) is 0 Å². The summed E-state index contributed by atoms with van der Waals surface area (Å²) in [7, 11) is 0. The topological polar surface area (TPSA) is 56.0 Å². The Hall–Kier alpha value is -2.94. The zero-order valence-corrected chi connectivity index (χ0v) is 15.1. The third-order valence-electron chi connectivity index (χ3n) is 3.78. The van der Waals surface area contributed by atoms with Crippen LogP contribution in [0.2, 0.25) is 0 Å². The number of aromatic nitrogens is 1. The Labute approximate surface area is 163 Å². The van der Waals surface area contributed by atoms with Gasteiger partial charge in [0.05, 0.1) is 0 Å². The van der Waals surface area contributed by atoms with Crippen molar-refractivity contribution in [2.24, 2.45) is 5.73 Å². The van der Waals surface area contributed by atoms with E-state index in [4.69, 9.17) is 5.73 Å². The monoisotopic (exact) mass is 382 g/mol. The van der Waals surface area contributed by atoms with Gasteiger partial charge in [0, 0.05) is 34.5 Å². The van der Waals surface area contributed by atoms with E-state index in [2.05, 4.69) is 17.1 Å². The van der Waals surface area contributed by atoms with Crippen LogP contribution in [0.1, 0.15) is 10.4 Å². The average molecular weight is 382 g/mol. The molecule has 0 saturated carbocycles. The van der Waals surface area contributed by atoms with Gasteiger partial charge in [0.15, 0.2) is 0 Å². The van der Waals surface area contributed by atoms with Crippen LogP contribution in [0.4, 0.5) is 0 Å². The van der Waals surface area contributed by atoms with Crippen molar-refractivity contribution >= 4 is 5.91 Å². The van der Waals surface area contributed by atoms with Crippen LogP contribution in [0.5, 0.6) is 0 Å². The maximum Gasteiger partial charge on any atom is 0.248 e. The van der Waals surface area contributed by atoms with Crippen molar-refractivity contribution in [3.63, 3.8) is 0 Å². The van der Waals surface area contributed by atoms with Crippen LogP contribution >= 0.6 is 0 Å². The van der Waals surface area contributed by atoms with Crippen LogP contribution in [0.15, 0.2) is 97.2 Å². The molecule has 0 aliphatic rings. The number of carbonyl (C=O) groups excluding carboxylic acids is 1. The summed E-state index contributed by atoms with van der Waals surface area (Å²) < 4.78 is 0. The van der Waals surface area contributed by atoms with Crippen LogP contribution in [-0.2, 0) is 17.1 Å².